The van der Waals surface area contributed by atoms with Gasteiger partial charge in [-0.3, -0.25) is 4.79 Å². The molecular formula is C20H27N3O5S. The van der Waals surface area contributed by atoms with E-state index in [1.807, 2.05) is 24.3 Å². The molecule has 1 aliphatic heterocycles. The predicted molar refractivity (Wildman–Crippen MR) is 107 cm³/mol. The summed E-state index contributed by atoms with van der Waals surface area (Å²) in [5.41, 5.74) is 1.45. The number of carbonyl (C=O) groups is 1. The third-order valence-corrected chi connectivity index (χ3v) is 7.38. The molecule has 3 rings (SSSR count). The number of hydrogen-bond acceptors (Lipinski definition) is 6. The van der Waals surface area contributed by atoms with Gasteiger partial charge in [-0.15, -0.1) is 0 Å². The molecule has 1 aliphatic rings. The third-order valence-electron chi connectivity index (χ3n) is 5.24. The topological polar surface area (TPSA) is 102 Å². The van der Waals surface area contributed by atoms with Crippen LogP contribution in [0.5, 0.6) is 5.75 Å². The molecule has 9 heteroatoms. The maximum atomic E-state index is 12.9. The van der Waals surface area contributed by atoms with Gasteiger partial charge >= 0.3 is 0 Å². The molecule has 2 aromatic rings. The number of ether oxygens (including phenoxy) is 1. The zero-order valence-electron chi connectivity index (χ0n) is 17.0. The van der Waals surface area contributed by atoms with Gasteiger partial charge in [0.2, 0.25) is 15.9 Å². The van der Waals surface area contributed by atoms with E-state index in [-0.39, 0.29) is 16.7 Å². The van der Waals surface area contributed by atoms with Crippen molar-refractivity contribution < 1.29 is 22.5 Å². The van der Waals surface area contributed by atoms with Gasteiger partial charge in [-0.05, 0) is 50.8 Å². The van der Waals surface area contributed by atoms with Crippen LogP contribution in [0.25, 0.3) is 0 Å². The molecule has 0 aliphatic carbocycles. The minimum Gasteiger partial charge on any atom is -0.497 e. The van der Waals surface area contributed by atoms with Gasteiger partial charge in [0.05, 0.1) is 7.11 Å². The summed E-state index contributed by atoms with van der Waals surface area (Å²) in [4.78, 5) is 12.6. The van der Waals surface area contributed by atoms with Gasteiger partial charge in [-0.1, -0.05) is 17.3 Å². The maximum absolute atomic E-state index is 12.9. The van der Waals surface area contributed by atoms with Crippen LogP contribution in [0.15, 0.2) is 33.7 Å². The number of aromatic nitrogens is 1. The number of carbonyl (C=O) groups excluding carboxylic acids is 1. The van der Waals surface area contributed by atoms with Gasteiger partial charge in [0, 0.05) is 25.6 Å². The highest BCUT2D eigenvalue weighted by atomic mass is 32.2. The molecule has 0 bridgehead atoms. The number of nitrogens with one attached hydrogen (secondary N) is 1. The summed E-state index contributed by atoms with van der Waals surface area (Å²) < 4.78 is 37.3. The molecule has 1 N–H and O–H groups in total. The Hall–Kier alpha value is -2.39. The lowest BCUT2D eigenvalue weighted by atomic mass is 9.97. The van der Waals surface area contributed by atoms with Crippen LogP contribution in [0, 0.1) is 19.8 Å². The van der Waals surface area contributed by atoms with Crippen LogP contribution in [0.3, 0.4) is 0 Å². The molecule has 1 amide bonds. The number of sulfonamides is 1. The van der Waals surface area contributed by atoms with Crippen LogP contribution < -0.4 is 10.1 Å². The first-order valence-electron chi connectivity index (χ1n) is 9.66. The molecular weight excluding hydrogens is 394 g/mol. The molecule has 0 unspecified atom stereocenters. The van der Waals surface area contributed by atoms with E-state index in [4.69, 9.17) is 9.26 Å². The third kappa shape index (κ3) is 4.79. The Bertz CT molecular complexity index is 943. The fourth-order valence-corrected chi connectivity index (χ4v) is 5.39. The van der Waals surface area contributed by atoms with E-state index < -0.39 is 10.0 Å². The van der Waals surface area contributed by atoms with E-state index in [0.29, 0.717) is 50.4 Å². The van der Waals surface area contributed by atoms with Crippen molar-refractivity contribution in [3.05, 3.63) is 41.3 Å². The lowest BCUT2D eigenvalue weighted by molar-refractivity contribution is -0.126. The highest BCUT2D eigenvalue weighted by Crippen LogP contribution is 2.27. The summed E-state index contributed by atoms with van der Waals surface area (Å²) in [6.07, 6.45) is 1.70. The first-order chi connectivity index (χ1) is 13.8. The molecule has 1 fully saturated rings. The van der Waals surface area contributed by atoms with Crippen LogP contribution in [-0.2, 0) is 21.2 Å². The Morgan fingerprint density at radius 1 is 1.31 bits per heavy atom. The van der Waals surface area contributed by atoms with E-state index in [1.165, 1.54) is 4.31 Å². The van der Waals surface area contributed by atoms with Crippen molar-refractivity contribution in [2.24, 2.45) is 5.92 Å². The summed E-state index contributed by atoms with van der Waals surface area (Å²) in [5.74, 6) is 0.874. The number of amides is 1. The number of methoxy groups -OCH3 is 1. The van der Waals surface area contributed by atoms with E-state index in [1.54, 1.807) is 21.0 Å². The van der Waals surface area contributed by atoms with Crippen molar-refractivity contribution in [1.82, 2.24) is 14.8 Å². The van der Waals surface area contributed by atoms with E-state index in [9.17, 15) is 13.2 Å². The monoisotopic (exact) mass is 421 g/mol. The van der Waals surface area contributed by atoms with Crippen LogP contribution in [0.1, 0.15) is 29.9 Å². The van der Waals surface area contributed by atoms with Crippen LogP contribution in [0.4, 0.5) is 0 Å². The lowest BCUT2D eigenvalue weighted by Gasteiger charge is -2.30. The van der Waals surface area contributed by atoms with Crippen molar-refractivity contribution in [2.45, 2.75) is 38.0 Å². The zero-order valence-corrected chi connectivity index (χ0v) is 17.8. The SMILES string of the molecule is COc1cccc(CCNC(=O)C2CCN(S(=O)(=O)c3c(C)noc3C)CC2)c1. The van der Waals surface area contributed by atoms with E-state index >= 15 is 0 Å². The molecule has 0 atom stereocenters. The summed E-state index contributed by atoms with van der Waals surface area (Å²) in [6.45, 7) is 4.35. The summed E-state index contributed by atoms with van der Waals surface area (Å²) >= 11 is 0. The first-order valence-corrected chi connectivity index (χ1v) is 11.1. The lowest BCUT2D eigenvalue weighted by Crippen LogP contribution is -2.43. The second-order valence-corrected chi connectivity index (χ2v) is 9.10. The number of piperidine rings is 1. The number of aryl methyl sites for hydroxylation is 2. The molecule has 0 spiro atoms. The fourth-order valence-electron chi connectivity index (χ4n) is 3.63. The minimum atomic E-state index is -3.66. The second-order valence-electron chi connectivity index (χ2n) is 7.22. The van der Waals surface area contributed by atoms with Crippen molar-refractivity contribution in [3.8, 4) is 5.75 Å². The number of rotatable bonds is 7. The fraction of sp³-hybridized carbons (Fsp3) is 0.500. The standard InChI is InChI=1S/C20H27N3O5S/c1-14-19(15(2)28-22-14)29(25,26)23-11-8-17(9-12-23)20(24)21-10-7-16-5-4-6-18(13-16)27-3/h4-6,13,17H,7-12H2,1-3H3,(H,21,24). The summed E-state index contributed by atoms with van der Waals surface area (Å²) in [6, 6.07) is 7.74. The molecule has 0 saturated carbocycles. The van der Waals surface area contributed by atoms with Crippen LogP contribution in [0.2, 0.25) is 0 Å². The summed E-state index contributed by atoms with van der Waals surface area (Å²) in [7, 11) is -2.03. The molecule has 0 radical (unpaired) electrons. The van der Waals surface area contributed by atoms with Crippen molar-refractivity contribution in [1.29, 1.82) is 0 Å². The molecule has 1 saturated heterocycles. The van der Waals surface area contributed by atoms with Gasteiger partial charge in [0.1, 0.15) is 16.3 Å². The van der Waals surface area contributed by atoms with Crippen molar-refractivity contribution >= 4 is 15.9 Å². The number of nitrogens with zero attached hydrogens (tertiary/aromatic N) is 2. The Morgan fingerprint density at radius 2 is 2.03 bits per heavy atom. The largest absolute Gasteiger partial charge is 0.497 e. The molecule has 29 heavy (non-hydrogen) atoms. The van der Waals surface area contributed by atoms with Gasteiger partial charge in [0.15, 0.2) is 5.76 Å². The van der Waals surface area contributed by atoms with Crippen LogP contribution >= 0.6 is 0 Å². The van der Waals surface area contributed by atoms with E-state index in [0.717, 1.165) is 11.3 Å². The second kappa shape index (κ2) is 8.96. The maximum Gasteiger partial charge on any atom is 0.248 e. The smallest absolute Gasteiger partial charge is 0.248 e. The first kappa shape index (κ1) is 21.3. The van der Waals surface area contributed by atoms with Gasteiger partial charge < -0.3 is 14.6 Å². The van der Waals surface area contributed by atoms with Crippen molar-refractivity contribution in [2.75, 3.05) is 26.7 Å². The molecule has 2 heterocycles. The normalized spacial score (nSPS) is 16.0. The predicted octanol–water partition coefficient (Wildman–Crippen LogP) is 2.06. The molecule has 1 aromatic heterocycles. The molecule has 158 valence electrons. The van der Waals surface area contributed by atoms with Crippen molar-refractivity contribution in [3.63, 3.8) is 0 Å². The quantitative estimate of drug-likeness (QED) is 0.734. The van der Waals surface area contributed by atoms with Gasteiger partial charge in [0.25, 0.3) is 0 Å². The van der Waals surface area contributed by atoms with Gasteiger partial charge in [-0.2, -0.15) is 4.31 Å². The molecule has 1 aromatic carbocycles. The average Bonchev–Trinajstić information content (AvgIpc) is 3.07. The Morgan fingerprint density at radius 3 is 2.66 bits per heavy atom. The van der Waals surface area contributed by atoms with E-state index in [2.05, 4.69) is 10.5 Å². The highest BCUT2D eigenvalue weighted by Gasteiger charge is 2.35. The zero-order chi connectivity index (χ0) is 21.0. The average molecular weight is 422 g/mol. The van der Waals surface area contributed by atoms with Gasteiger partial charge in [-0.25, -0.2) is 8.42 Å². The number of hydrogen-bond donors (Lipinski definition) is 1. The minimum absolute atomic E-state index is 0.0257. The van der Waals surface area contributed by atoms with Crippen LogP contribution in [-0.4, -0.2) is 50.5 Å². The molecule has 8 nitrogen and oxygen atoms in total. The Balaban J connectivity index is 1.50. The Kier molecular flexibility index (Phi) is 6.59. The summed E-state index contributed by atoms with van der Waals surface area (Å²) in [5, 5.41) is 6.70. The highest BCUT2D eigenvalue weighted by molar-refractivity contribution is 7.89. The Labute approximate surface area is 171 Å². The number of benzene rings is 1.